The zero-order valence-electron chi connectivity index (χ0n) is 12.6. The van der Waals surface area contributed by atoms with E-state index in [1.54, 1.807) is 0 Å². The number of carbonyl (C=O) groups is 2. The number of ether oxygens (including phenoxy) is 1. The van der Waals surface area contributed by atoms with Gasteiger partial charge in [-0.3, -0.25) is 19.3 Å². The first kappa shape index (κ1) is 17.1. The van der Waals surface area contributed by atoms with E-state index in [1.807, 2.05) is 4.90 Å². The zero-order valence-corrected chi connectivity index (χ0v) is 12.6. The van der Waals surface area contributed by atoms with Gasteiger partial charge in [-0.25, -0.2) is 0 Å². The molecule has 2 amide bonds. The minimum absolute atomic E-state index is 0.0125. The van der Waals surface area contributed by atoms with E-state index in [-0.39, 0.29) is 12.2 Å². The summed E-state index contributed by atoms with van der Waals surface area (Å²) in [4.78, 5) is 39.5. The number of anilines is 1. The van der Waals surface area contributed by atoms with Gasteiger partial charge in [-0.05, 0) is 0 Å². The van der Waals surface area contributed by atoms with Crippen LogP contribution in [0.15, 0.2) is 23.3 Å². The number of aliphatic hydroxyl groups is 1. The average Bonchev–Trinajstić information content (AvgIpc) is 2.55. The van der Waals surface area contributed by atoms with Gasteiger partial charge in [0.05, 0.1) is 19.3 Å². The summed E-state index contributed by atoms with van der Waals surface area (Å²) in [7, 11) is 0. The Kier molecular flexibility index (Phi) is 6.27. The number of nitrogens with one attached hydrogen (secondary N) is 3. The Bertz CT molecular complexity index is 597. The Labute approximate surface area is 132 Å². The van der Waals surface area contributed by atoms with Crippen LogP contribution in [0.3, 0.4) is 0 Å². The van der Waals surface area contributed by atoms with Gasteiger partial charge in [-0.15, -0.1) is 0 Å². The number of pyridine rings is 1. The number of β-amino-alcohol motifs (C(OH)–C–C–N with tert-alkyl or cyclic N) is 1. The number of nitrogens with zero attached hydrogens (tertiary/aromatic N) is 1. The van der Waals surface area contributed by atoms with Crippen LogP contribution in [0, 0.1) is 0 Å². The van der Waals surface area contributed by atoms with Gasteiger partial charge in [-0.1, -0.05) is 0 Å². The monoisotopic (exact) mass is 324 g/mol. The minimum atomic E-state index is -0.958. The molecule has 0 saturated carbocycles. The van der Waals surface area contributed by atoms with Crippen LogP contribution in [-0.2, 0) is 14.3 Å². The number of aromatic nitrogens is 1. The van der Waals surface area contributed by atoms with Crippen LogP contribution in [0.1, 0.15) is 0 Å². The highest BCUT2D eigenvalue weighted by molar-refractivity contribution is 6.39. The molecule has 1 atom stereocenters. The molecule has 2 heterocycles. The molecule has 126 valence electrons. The summed E-state index contributed by atoms with van der Waals surface area (Å²) < 4.78 is 5.20. The van der Waals surface area contributed by atoms with Crippen molar-refractivity contribution < 1.29 is 19.4 Å². The first-order chi connectivity index (χ1) is 11.1. The summed E-state index contributed by atoms with van der Waals surface area (Å²) in [5, 5.41) is 14.4. The van der Waals surface area contributed by atoms with E-state index >= 15 is 0 Å². The van der Waals surface area contributed by atoms with Gasteiger partial charge in [-0.2, -0.15) is 0 Å². The largest absolute Gasteiger partial charge is 0.390 e. The molecule has 2 rings (SSSR count). The number of hydrogen-bond donors (Lipinski definition) is 4. The summed E-state index contributed by atoms with van der Waals surface area (Å²) in [6.45, 7) is 3.03. The molecule has 1 fully saturated rings. The number of aromatic amines is 1. The third-order valence-corrected chi connectivity index (χ3v) is 3.35. The van der Waals surface area contributed by atoms with Gasteiger partial charge in [0.2, 0.25) is 5.43 Å². The summed E-state index contributed by atoms with van der Waals surface area (Å²) in [6.07, 6.45) is 1.92. The van der Waals surface area contributed by atoms with Crippen molar-refractivity contribution in [1.29, 1.82) is 0 Å². The van der Waals surface area contributed by atoms with Gasteiger partial charge >= 0.3 is 11.8 Å². The molecule has 1 saturated heterocycles. The van der Waals surface area contributed by atoms with Crippen molar-refractivity contribution in [2.45, 2.75) is 6.10 Å². The Balaban J connectivity index is 1.74. The molecule has 0 radical (unpaired) electrons. The van der Waals surface area contributed by atoms with Crippen LogP contribution in [0.25, 0.3) is 0 Å². The lowest BCUT2D eigenvalue weighted by Crippen LogP contribution is -2.46. The maximum absolute atomic E-state index is 11.7. The molecule has 1 aromatic heterocycles. The third kappa shape index (κ3) is 5.47. The molecule has 0 spiro atoms. The molecule has 0 bridgehead atoms. The summed E-state index contributed by atoms with van der Waals surface area (Å²) in [5.74, 6) is -1.87. The van der Waals surface area contributed by atoms with Crippen molar-refractivity contribution >= 4 is 17.5 Å². The molecule has 0 aliphatic carbocycles. The standard InChI is InChI=1S/C14H20N4O5/c19-10(9-18-3-5-23-6-4-18)7-16-13(21)14(22)17-11-8-15-2-1-12(11)20/h1-2,8,10,19H,3-7,9H2,(H,15,20)(H,16,21)(H,17,22)/t10-/m0/s1. The summed E-state index contributed by atoms with van der Waals surface area (Å²) in [6, 6.07) is 1.24. The Hall–Kier alpha value is -2.23. The minimum Gasteiger partial charge on any atom is -0.390 e. The topological polar surface area (TPSA) is 124 Å². The predicted molar refractivity (Wildman–Crippen MR) is 82.0 cm³/mol. The number of amides is 2. The van der Waals surface area contributed by atoms with E-state index in [1.165, 1.54) is 18.5 Å². The number of aliphatic hydroxyl groups excluding tert-OH is 1. The number of rotatable bonds is 5. The molecule has 4 N–H and O–H groups in total. The zero-order chi connectivity index (χ0) is 16.7. The van der Waals surface area contributed by atoms with Gasteiger partial charge in [0.15, 0.2) is 0 Å². The molecule has 1 aliphatic rings. The lowest BCUT2D eigenvalue weighted by molar-refractivity contribution is -0.136. The highest BCUT2D eigenvalue weighted by atomic mass is 16.5. The summed E-state index contributed by atoms with van der Waals surface area (Å²) in [5.41, 5.74) is -0.418. The van der Waals surface area contributed by atoms with Crippen molar-refractivity contribution in [3.63, 3.8) is 0 Å². The fourth-order valence-electron chi connectivity index (χ4n) is 2.13. The SMILES string of the molecule is O=C(NC[C@H](O)CN1CCOCC1)C(=O)Nc1c[nH]ccc1=O. The fourth-order valence-corrected chi connectivity index (χ4v) is 2.13. The van der Waals surface area contributed by atoms with Crippen molar-refractivity contribution in [2.75, 3.05) is 44.7 Å². The second-order valence-corrected chi connectivity index (χ2v) is 5.15. The molecular formula is C14H20N4O5. The van der Waals surface area contributed by atoms with Gasteiger partial charge in [0.25, 0.3) is 0 Å². The summed E-state index contributed by atoms with van der Waals surface area (Å²) >= 11 is 0. The lowest BCUT2D eigenvalue weighted by atomic mass is 10.3. The van der Waals surface area contributed by atoms with E-state index in [9.17, 15) is 19.5 Å². The molecule has 9 nitrogen and oxygen atoms in total. The Morgan fingerprint density at radius 2 is 2.09 bits per heavy atom. The maximum Gasteiger partial charge on any atom is 0.313 e. The van der Waals surface area contributed by atoms with Crippen LogP contribution in [0.2, 0.25) is 0 Å². The number of morpholine rings is 1. The van der Waals surface area contributed by atoms with Gasteiger partial charge < -0.3 is 25.5 Å². The lowest BCUT2D eigenvalue weighted by Gasteiger charge is -2.28. The molecule has 23 heavy (non-hydrogen) atoms. The predicted octanol–water partition coefficient (Wildman–Crippen LogP) is -1.88. The maximum atomic E-state index is 11.7. The van der Waals surface area contributed by atoms with Crippen molar-refractivity contribution in [3.05, 3.63) is 28.7 Å². The number of carbonyl (C=O) groups excluding carboxylic acids is 2. The van der Waals surface area contributed by atoms with E-state index in [4.69, 9.17) is 4.74 Å². The highest BCUT2D eigenvalue weighted by Crippen LogP contribution is 1.98. The van der Waals surface area contributed by atoms with Crippen LogP contribution in [-0.4, -0.2) is 72.3 Å². The number of hydrogen-bond acceptors (Lipinski definition) is 6. The molecule has 0 aromatic carbocycles. The van der Waals surface area contributed by atoms with Crippen molar-refractivity contribution in [2.24, 2.45) is 0 Å². The fraction of sp³-hybridized carbons (Fsp3) is 0.500. The Morgan fingerprint density at radius 3 is 2.78 bits per heavy atom. The average molecular weight is 324 g/mol. The molecule has 1 aliphatic heterocycles. The Morgan fingerprint density at radius 1 is 1.35 bits per heavy atom. The van der Waals surface area contributed by atoms with E-state index in [2.05, 4.69) is 15.6 Å². The first-order valence-corrected chi connectivity index (χ1v) is 7.30. The van der Waals surface area contributed by atoms with Crippen LogP contribution in [0.5, 0.6) is 0 Å². The molecule has 0 unspecified atom stereocenters. The van der Waals surface area contributed by atoms with E-state index in [0.29, 0.717) is 19.8 Å². The molecular weight excluding hydrogens is 304 g/mol. The highest BCUT2D eigenvalue weighted by Gasteiger charge is 2.18. The first-order valence-electron chi connectivity index (χ1n) is 7.30. The van der Waals surface area contributed by atoms with Crippen molar-refractivity contribution in [1.82, 2.24) is 15.2 Å². The second-order valence-electron chi connectivity index (χ2n) is 5.15. The van der Waals surface area contributed by atoms with Crippen LogP contribution < -0.4 is 16.1 Å². The van der Waals surface area contributed by atoms with Crippen LogP contribution >= 0.6 is 0 Å². The van der Waals surface area contributed by atoms with Crippen LogP contribution in [0.4, 0.5) is 5.69 Å². The second kappa shape index (κ2) is 8.42. The van der Waals surface area contributed by atoms with E-state index < -0.39 is 23.3 Å². The van der Waals surface area contributed by atoms with Crippen molar-refractivity contribution in [3.8, 4) is 0 Å². The number of H-pyrrole nitrogens is 1. The smallest absolute Gasteiger partial charge is 0.313 e. The van der Waals surface area contributed by atoms with E-state index in [0.717, 1.165) is 13.1 Å². The van der Waals surface area contributed by atoms with Gasteiger partial charge in [0, 0.05) is 44.6 Å². The third-order valence-electron chi connectivity index (χ3n) is 3.35. The molecule has 1 aromatic rings. The van der Waals surface area contributed by atoms with Gasteiger partial charge in [0.1, 0.15) is 5.69 Å². The quantitative estimate of drug-likeness (QED) is 0.470. The normalized spacial score (nSPS) is 16.6. The molecule has 9 heteroatoms.